The predicted octanol–water partition coefficient (Wildman–Crippen LogP) is 3.39. The van der Waals surface area contributed by atoms with Gasteiger partial charge < -0.3 is 5.32 Å². The molecule has 1 aliphatic heterocycles. The summed E-state index contributed by atoms with van der Waals surface area (Å²) in [6, 6.07) is 7.10. The van der Waals surface area contributed by atoms with Crippen LogP contribution >= 0.6 is 12.4 Å². The summed E-state index contributed by atoms with van der Waals surface area (Å²) in [5.74, 6) is 0. The summed E-state index contributed by atoms with van der Waals surface area (Å²) in [7, 11) is -3.99. The first-order valence-corrected chi connectivity index (χ1v) is 9.24. The zero-order chi connectivity index (χ0) is 19.8. The highest BCUT2D eigenvalue weighted by molar-refractivity contribution is 7.92. The molecule has 0 spiro atoms. The molecule has 2 aromatic rings. The molecule has 7 nitrogen and oxygen atoms in total. The third-order valence-corrected chi connectivity index (χ3v) is 5.56. The summed E-state index contributed by atoms with van der Waals surface area (Å²) in [5.41, 5.74) is 0.859. The number of nitro benzene ring substituents is 1. The van der Waals surface area contributed by atoms with Gasteiger partial charge in [-0.1, -0.05) is 6.07 Å². The van der Waals surface area contributed by atoms with Crippen LogP contribution < -0.4 is 10.0 Å². The number of fused-ring (bicyclic) bond motifs is 1. The van der Waals surface area contributed by atoms with Crippen molar-refractivity contribution in [1.29, 1.82) is 0 Å². The van der Waals surface area contributed by atoms with Gasteiger partial charge in [0.2, 0.25) is 0 Å². The average molecular weight is 438 g/mol. The number of benzene rings is 2. The van der Waals surface area contributed by atoms with Crippen molar-refractivity contribution in [2.24, 2.45) is 0 Å². The van der Waals surface area contributed by atoms with Gasteiger partial charge in [-0.25, -0.2) is 8.42 Å². The number of nitrogens with one attached hydrogen (secondary N) is 2. The lowest BCUT2D eigenvalue weighted by Crippen LogP contribution is -2.46. The van der Waals surface area contributed by atoms with Gasteiger partial charge in [0.05, 0.1) is 9.82 Å². The molecular formula is C16H15ClF3N3O4S. The van der Waals surface area contributed by atoms with Gasteiger partial charge in [-0.3, -0.25) is 14.8 Å². The van der Waals surface area contributed by atoms with Crippen LogP contribution in [0, 0.1) is 10.1 Å². The maximum atomic E-state index is 12.8. The molecule has 152 valence electrons. The Bertz CT molecular complexity index is 982. The average Bonchev–Trinajstić information content (AvgIpc) is 2.60. The summed E-state index contributed by atoms with van der Waals surface area (Å²) in [5, 5.41) is 13.0. The minimum Gasteiger partial charge on any atom is -0.302 e. The van der Waals surface area contributed by atoms with Crippen LogP contribution in [0.3, 0.4) is 0 Å². The Morgan fingerprint density at radius 3 is 2.32 bits per heavy atom. The monoisotopic (exact) mass is 437 g/mol. The third-order valence-electron chi connectivity index (χ3n) is 4.18. The molecule has 0 amide bonds. The van der Waals surface area contributed by atoms with E-state index >= 15 is 0 Å². The van der Waals surface area contributed by atoms with Gasteiger partial charge in [-0.05, 0) is 41.8 Å². The lowest BCUT2D eigenvalue weighted by Gasteiger charge is -2.28. The van der Waals surface area contributed by atoms with E-state index in [9.17, 15) is 31.7 Å². The minimum atomic E-state index is -4.38. The SMILES string of the molecule is Cl.O=[N+]([O-])c1ccc(NS(=O)(=O)c2ccc3c(c2)CNC(C(F)(F)F)C3)cc1. The number of alkyl halides is 3. The van der Waals surface area contributed by atoms with Crippen LogP contribution in [0.2, 0.25) is 0 Å². The van der Waals surface area contributed by atoms with Gasteiger partial charge in [0.15, 0.2) is 0 Å². The van der Waals surface area contributed by atoms with Crippen molar-refractivity contribution in [2.75, 3.05) is 4.72 Å². The number of sulfonamides is 1. The molecule has 2 aromatic carbocycles. The van der Waals surface area contributed by atoms with Crippen molar-refractivity contribution >= 4 is 33.8 Å². The Labute approximate surface area is 164 Å². The molecule has 0 radical (unpaired) electrons. The minimum absolute atomic E-state index is 0. The molecule has 1 aliphatic rings. The largest absolute Gasteiger partial charge is 0.404 e. The number of rotatable bonds is 4. The number of hydrogen-bond donors (Lipinski definition) is 2. The Kier molecular flexibility index (Phi) is 6.21. The molecule has 0 aliphatic carbocycles. The van der Waals surface area contributed by atoms with Gasteiger partial charge >= 0.3 is 6.18 Å². The molecule has 12 heteroatoms. The predicted molar refractivity (Wildman–Crippen MR) is 98.0 cm³/mol. The zero-order valence-corrected chi connectivity index (χ0v) is 15.7. The maximum Gasteiger partial charge on any atom is 0.404 e. The van der Waals surface area contributed by atoms with Crippen LogP contribution in [-0.4, -0.2) is 25.6 Å². The lowest BCUT2D eigenvalue weighted by molar-refractivity contribution is -0.384. The van der Waals surface area contributed by atoms with E-state index in [4.69, 9.17) is 0 Å². The highest BCUT2D eigenvalue weighted by Crippen LogP contribution is 2.29. The van der Waals surface area contributed by atoms with Crippen LogP contribution in [0.25, 0.3) is 0 Å². The van der Waals surface area contributed by atoms with Crippen molar-refractivity contribution in [3.63, 3.8) is 0 Å². The zero-order valence-electron chi connectivity index (χ0n) is 14.1. The molecule has 0 bridgehead atoms. The molecule has 3 rings (SSSR count). The highest BCUT2D eigenvalue weighted by Gasteiger charge is 2.41. The summed E-state index contributed by atoms with van der Waals surface area (Å²) in [6.45, 7) is -0.0968. The number of nitrogens with zero attached hydrogens (tertiary/aromatic N) is 1. The highest BCUT2D eigenvalue weighted by atomic mass is 35.5. The third kappa shape index (κ3) is 4.72. The molecule has 2 N–H and O–H groups in total. The first-order valence-electron chi connectivity index (χ1n) is 7.75. The number of anilines is 1. The van der Waals surface area contributed by atoms with E-state index in [0.29, 0.717) is 11.1 Å². The van der Waals surface area contributed by atoms with Gasteiger partial charge in [0, 0.05) is 24.4 Å². The lowest BCUT2D eigenvalue weighted by atomic mass is 9.96. The van der Waals surface area contributed by atoms with E-state index in [0.717, 1.165) is 12.1 Å². The van der Waals surface area contributed by atoms with E-state index in [1.165, 1.54) is 30.3 Å². The number of halogens is 4. The Morgan fingerprint density at radius 2 is 1.75 bits per heavy atom. The summed E-state index contributed by atoms with van der Waals surface area (Å²) in [4.78, 5) is 9.92. The second-order valence-electron chi connectivity index (χ2n) is 6.02. The topological polar surface area (TPSA) is 101 Å². The Morgan fingerprint density at radius 1 is 1.11 bits per heavy atom. The molecule has 1 unspecified atom stereocenters. The first kappa shape index (κ1) is 21.9. The van der Waals surface area contributed by atoms with E-state index in [1.807, 2.05) is 0 Å². The molecule has 0 saturated carbocycles. The van der Waals surface area contributed by atoms with Crippen molar-refractivity contribution < 1.29 is 26.5 Å². The summed E-state index contributed by atoms with van der Waals surface area (Å²) in [6.07, 6.45) is -4.64. The van der Waals surface area contributed by atoms with Crippen molar-refractivity contribution in [3.8, 4) is 0 Å². The molecule has 0 saturated heterocycles. The Balaban J connectivity index is 0.00000280. The quantitative estimate of drug-likeness (QED) is 0.564. The first-order chi connectivity index (χ1) is 12.6. The summed E-state index contributed by atoms with van der Waals surface area (Å²) >= 11 is 0. The van der Waals surface area contributed by atoms with Crippen molar-refractivity contribution in [2.45, 2.75) is 30.1 Å². The van der Waals surface area contributed by atoms with Gasteiger partial charge in [-0.15, -0.1) is 12.4 Å². The Hall–Kier alpha value is -2.37. The van der Waals surface area contributed by atoms with Crippen LogP contribution in [-0.2, 0) is 23.0 Å². The second-order valence-corrected chi connectivity index (χ2v) is 7.70. The second kappa shape index (κ2) is 7.94. The number of non-ortho nitro benzene ring substituents is 1. The molecule has 0 fully saturated rings. The van der Waals surface area contributed by atoms with Crippen molar-refractivity contribution in [1.82, 2.24) is 5.32 Å². The van der Waals surface area contributed by atoms with E-state index in [2.05, 4.69) is 10.0 Å². The number of nitro groups is 1. The fraction of sp³-hybridized carbons (Fsp3) is 0.250. The fourth-order valence-corrected chi connectivity index (χ4v) is 3.86. The van der Waals surface area contributed by atoms with Gasteiger partial charge in [0.1, 0.15) is 6.04 Å². The summed E-state index contributed by atoms with van der Waals surface area (Å²) < 4.78 is 65.7. The molecule has 0 aromatic heterocycles. The molecular weight excluding hydrogens is 423 g/mol. The van der Waals surface area contributed by atoms with Crippen LogP contribution in [0.5, 0.6) is 0 Å². The fourth-order valence-electron chi connectivity index (χ4n) is 2.76. The van der Waals surface area contributed by atoms with Crippen LogP contribution in [0.1, 0.15) is 11.1 Å². The van der Waals surface area contributed by atoms with Crippen molar-refractivity contribution in [3.05, 3.63) is 63.7 Å². The molecule has 1 atom stereocenters. The van der Waals surface area contributed by atoms with Crippen LogP contribution in [0.4, 0.5) is 24.5 Å². The standard InChI is InChI=1S/C16H14F3N3O4S.ClH/c17-16(18,19)15-8-10-1-6-14(7-11(10)9-20-15)27(25,26)21-12-2-4-13(5-3-12)22(23)24;/h1-7,15,20-21H,8-9H2;1H. The van der Waals surface area contributed by atoms with E-state index in [1.54, 1.807) is 0 Å². The van der Waals surface area contributed by atoms with Gasteiger partial charge in [0.25, 0.3) is 15.7 Å². The van der Waals surface area contributed by atoms with E-state index in [-0.39, 0.29) is 41.6 Å². The van der Waals surface area contributed by atoms with Crippen LogP contribution in [0.15, 0.2) is 47.4 Å². The smallest absolute Gasteiger partial charge is 0.302 e. The van der Waals surface area contributed by atoms with Gasteiger partial charge in [-0.2, -0.15) is 13.2 Å². The molecule has 1 heterocycles. The normalized spacial score (nSPS) is 16.6. The maximum absolute atomic E-state index is 12.8. The number of hydrogen-bond acceptors (Lipinski definition) is 5. The van der Waals surface area contributed by atoms with E-state index < -0.39 is 27.2 Å². The molecule has 28 heavy (non-hydrogen) atoms.